The number of amides is 1. The van der Waals surface area contributed by atoms with Gasteiger partial charge in [-0.3, -0.25) is 4.79 Å². The van der Waals surface area contributed by atoms with Gasteiger partial charge in [0.05, 0.1) is 12.6 Å². The van der Waals surface area contributed by atoms with E-state index in [1.165, 1.54) is 12.5 Å². The Morgan fingerprint density at radius 3 is 2.44 bits per heavy atom. The molecule has 0 saturated carbocycles. The number of nitrogens with zero attached hydrogens (tertiary/aromatic N) is 1. The number of carbonyl (C=O) groups excluding carboxylic acids is 1. The van der Waals surface area contributed by atoms with Crippen LogP contribution in [0.3, 0.4) is 0 Å². The van der Waals surface area contributed by atoms with Crippen LogP contribution in [0.5, 0.6) is 0 Å². The van der Waals surface area contributed by atoms with Crippen LogP contribution in [0.4, 0.5) is 0 Å². The molecule has 0 aliphatic carbocycles. The first-order valence-corrected chi connectivity index (χ1v) is 5.98. The van der Waals surface area contributed by atoms with Crippen LogP contribution in [0.25, 0.3) is 6.08 Å². The van der Waals surface area contributed by atoms with E-state index < -0.39 is 0 Å². The molecule has 0 aliphatic heterocycles. The summed E-state index contributed by atoms with van der Waals surface area (Å²) < 4.78 is 0. The zero-order valence-corrected chi connectivity index (χ0v) is 11.0. The minimum absolute atomic E-state index is 0.133. The van der Waals surface area contributed by atoms with Crippen LogP contribution in [-0.2, 0) is 4.79 Å². The molecule has 0 aromatic heterocycles. The van der Waals surface area contributed by atoms with Gasteiger partial charge in [0.1, 0.15) is 0 Å². The molecule has 0 unspecified atom stereocenters. The fraction of sp³-hybridized carbons (Fsp3) is 0.333. The second kappa shape index (κ2) is 6.61. The molecule has 0 bridgehead atoms. The molecule has 18 heavy (non-hydrogen) atoms. The van der Waals surface area contributed by atoms with Crippen molar-refractivity contribution in [3.63, 3.8) is 0 Å². The van der Waals surface area contributed by atoms with Gasteiger partial charge < -0.3 is 5.32 Å². The number of hydrogen-bond acceptors (Lipinski definition) is 2. The molecular formula is C15H18N2O. The number of rotatable bonds is 4. The molecule has 1 N–H and O–H groups in total. The van der Waals surface area contributed by atoms with Gasteiger partial charge in [0.2, 0.25) is 5.91 Å². The lowest BCUT2D eigenvalue weighted by atomic mass is 10.0. The summed E-state index contributed by atoms with van der Waals surface area (Å²) in [5.74, 6) is 0.365. The van der Waals surface area contributed by atoms with Gasteiger partial charge >= 0.3 is 0 Å². The molecule has 1 rings (SSSR count). The third-order valence-corrected chi connectivity index (χ3v) is 2.62. The standard InChI is InChI=1S/C15H18N2O/c1-11(2)15-6-4-13(5-7-15)8-14(9-16)10-17-12(3)18/h4-8,11H,10H2,1-3H3,(H,17,18). The molecular weight excluding hydrogens is 224 g/mol. The molecule has 0 spiro atoms. The fourth-order valence-electron chi connectivity index (χ4n) is 1.52. The van der Waals surface area contributed by atoms with Gasteiger partial charge in [-0.2, -0.15) is 5.26 Å². The van der Waals surface area contributed by atoms with Crippen LogP contribution < -0.4 is 5.32 Å². The van der Waals surface area contributed by atoms with E-state index in [-0.39, 0.29) is 12.5 Å². The smallest absolute Gasteiger partial charge is 0.217 e. The lowest BCUT2D eigenvalue weighted by molar-refractivity contribution is -0.118. The van der Waals surface area contributed by atoms with E-state index in [1.807, 2.05) is 12.1 Å². The summed E-state index contributed by atoms with van der Waals surface area (Å²) in [6.45, 7) is 5.99. The minimum atomic E-state index is -0.133. The van der Waals surface area contributed by atoms with Gasteiger partial charge in [-0.15, -0.1) is 0 Å². The van der Waals surface area contributed by atoms with E-state index in [4.69, 9.17) is 5.26 Å². The molecule has 0 heterocycles. The molecule has 94 valence electrons. The fourth-order valence-corrected chi connectivity index (χ4v) is 1.52. The van der Waals surface area contributed by atoms with E-state index in [2.05, 4.69) is 37.4 Å². The van der Waals surface area contributed by atoms with Crippen molar-refractivity contribution < 1.29 is 4.79 Å². The van der Waals surface area contributed by atoms with E-state index in [0.717, 1.165) is 5.56 Å². The number of nitrogens with one attached hydrogen (secondary N) is 1. The van der Waals surface area contributed by atoms with Crippen molar-refractivity contribution in [2.45, 2.75) is 26.7 Å². The average Bonchev–Trinajstić information content (AvgIpc) is 2.34. The Labute approximate surface area is 108 Å². The highest BCUT2D eigenvalue weighted by molar-refractivity contribution is 5.73. The summed E-state index contributed by atoms with van der Waals surface area (Å²) >= 11 is 0. The predicted octanol–water partition coefficient (Wildman–Crippen LogP) is 2.85. The molecule has 0 radical (unpaired) electrons. The lowest BCUT2D eigenvalue weighted by Crippen LogP contribution is -2.21. The van der Waals surface area contributed by atoms with Gasteiger partial charge in [-0.25, -0.2) is 0 Å². The quantitative estimate of drug-likeness (QED) is 0.825. The first-order chi connectivity index (χ1) is 8.52. The van der Waals surface area contributed by atoms with E-state index in [0.29, 0.717) is 11.5 Å². The number of benzene rings is 1. The van der Waals surface area contributed by atoms with Gasteiger partial charge in [0.15, 0.2) is 0 Å². The van der Waals surface area contributed by atoms with Crippen molar-refractivity contribution in [2.75, 3.05) is 6.54 Å². The van der Waals surface area contributed by atoms with Gasteiger partial charge in [0.25, 0.3) is 0 Å². The Morgan fingerprint density at radius 2 is 2.00 bits per heavy atom. The largest absolute Gasteiger partial charge is 0.352 e. The zero-order chi connectivity index (χ0) is 13.5. The topological polar surface area (TPSA) is 52.9 Å². The molecule has 0 aliphatic rings. The normalized spacial score (nSPS) is 11.2. The maximum Gasteiger partial charge on any atom is 0.217 e. The van der Waals surface area contributed by atoms with Crippen LogP contribution in [-0.4, -0.2) is 12.5 Å². The summed E-state index contributed by atoms with van der Waals surface area (Å²) in [4.78, 5) is 10.8. The van der Waals surface area contributed by atoms with Crippen molar-refractivity contribution in [1.82, 2.24) is 5.32 Å². The van der Waals surface area contributed by atoms with Crippen LogP contribution in [0, 0.1) is 11.3 Å². The first kappa shape index (κ1) is 14.0. The molecule has 3 nitrogen and oxygen atoms in total. The van der Waals surface area contributed by atoms with Crippen LogP contribution >= 0.6 is 0 Å². The Balaban J connectivity index is 2.80. The highest BCUT2D eigenvalue weighted by Crippen LogP contribution is 2.16. The Hall–Kier alpha value is -2.08. The predicted molar refractivity (Wildman–Crippen MR) is 72.8 cm³/mol. The maximum absolute atomic E-state index is 10.8. The zero-order valence-electron chi connectivity index (χ0n) is 11.0. The van der Waals surface area contributed by atoms with E-state index in [9.17, 15) is 4.79 Å². The Bertz CT molecular complexity index is 478. The molecule has 3 heteroatoms. The second-order valence-electron chi connectivity index (χ2n) is 4.51. The molecule has 1 aromatic carbocycles. The highest BCUT2D eigenvalue weighted by Gasteiger charge is 2.00. The number of carbonyl (C=O) groups is 1. The van der Waals surface area contributed by atoms with Gasteiger partial charge in [0, 0.05) is 12.5 Å². The van der Waals surface area contributed by atoms with Crippen molar-refractivity contribution in [2.24, 2.45) is 0 Å². The third-order valence-electron chi connectivity index (χ3n) is 2.62. The monoisotopic (exact) mass is 242 g/mol. The van der Waals surface area contributed by atoms with E-state index >= 15 is 0 Å². The molecule has 0 atom stereocenters. The summed E-state index contributed by atoms with van der Waals surface area (Å²) in [5, 5.41) is 11.6. The maximum atomic E-state index is 10.8. The SMILES string of the molecule is CC(=O)NCC(C#N)=Cc1ccc(C(C)C)cc1. The van der Waals surface area contributed by atoms with Crippen LogP contribution in [0.2, 0.25) is 0 Å². The summed E-state index contributed by atoms with van der Waals surface area (Å²) in [6, 6.07) is 10.2. The molecule has 0 saturated heterocycles. The lowest BCUT2D eigenvalue weighted by Gasteiger charge is -2.05. The average molecular weight is 242 g/mol. The number of hydrogen-bond donors (Lipinski definition) is 1. The van der Waals surface area contributed by atoms with Gasteiger partial charge in [-0.1, -0.05) is 38.1 Å². The minimum Gasteiger partial charge on any atom is -0.352 e. The van der Waals surface area contributed by atoms with Crippen molar-refractivity contribution in [3.8, 4) is 6.07 Å². The Morgan fingerprint density at radius 1 is 1.39 bits per heavy atom. The second-order valence-corrected chi connectivity index (χ2v) is 4.51. The van der Waals surface area contributed by atoms with Crippen molar-refractivity contribution >= 4 is 12.0 Å². The van der Waals surface area contributed by atoms with Crippen LogP contribution in [0.15, 0.2) is 29.8 Å². The molecule has 0 fully saturated rings. The summed E-state index contributed by atoms with van der Waals surface area (Å²) in [5.41, 5.74) is 2.79. The summed E-state index contributed by atoms with van der Waals surface area (Å²) in [7, 11) is 0. The van der Waals surface area contributed by atoms with Crippen molar-refractivity contribution in [1.29, 1.82) is 5.26 Å². The van der Waals surface area contributed by atoms with Crippen LogP contribution in [0.1, 0.15) is 37.8 Å². The van der Waals surface area contributed by atoms with Gasteiger partial charge in [-0.05, 0) is 23.1 Å². The number of nitriles is 1. The molecule has 1 aromatic rings. The third kappa shape index (κ3) is 4.42. The first-order valence-electron chi connectivity index (χ1n) is 5.98. The Kier molecular flexibility index (Phi) is 5.13. The van der Waals surface area contributed by atoms with E-state index in [1.54, 1.807) is 6.08 Å². The van der Waals surface area contributed by atoms with Crippen molar-refractivity contribution in [3.05, 3.63) is 41.0 Å². The molecule has 1 amide bonds. The summed E-state index contributed by atoms with van der Waals surface area (Å²) in [6.07, 6.45) is 1.79. The highest BCUT2D eigenvalue weighted by atomic mass is 16.1.